The molecule has 0 atom stereocenters. The van der Waals surface area contributed by atoms with Crippen molar-refractivity contribution >= 4 is 34.5 Å². The summed E-state index contributed by atoms with van der Waals surface area (Å²) < 4.78 is 0. The molecule has 31 heavy (non-hydrogen) atoms. The molecule has 0 radical (unpaired) electrons. The molecule has 0 saturated heterocycles. The number of benzene rings is 2. The topological polar surface area (TPSA) is 118 Å². The van der Waals surface area contributed by atoms with Crippen molar-refractivity contribution in [3.8, 4) is 0 Å². The molecule has 4 N–H and O–H groups in total. The third kappa shape index (κ3) is 3.69. The zero-order chi connectivity index (χ0) is 22.1. The molecule has 1 aliphatic rings. The van der Waals surface area contributed by atoms with Gasteiger partial charge in [0.25, 0.3) is 0 Å². The van der Waals surface area contributed by atoms with E-state index in [4.69, 9.17) is 5.73 Å². The van der Waals surface area contributed by atoms with Crippen LogP contribution in [-0.2, 0) is 11.2 Å². The van der Waals surface area contributed by atoms with E-state index in [2.05, 4.69) is 21.9 Å². The van der Waals surface area contributed by atoms with Crippen molar-refractivity contribution in [3.05, 3.63) is 95.0 Å². The average molecular weight is 412 g/mol. The largest absolute Gasteiger partial charge is 0.478 e. The predicted molar refractivity (Wildman–Crippen MR) is 119 cm³/mol. The first-order valence-corrected chi connectivity index (χ1v) is 9.60. The van der Waals surface area contributed by atoms with Crippen molar-refractivity contribution in [2.45, 2.75) is 13.3 Å². The van der Waals surface area contributed by atoms with Crippen LogP contribution in [0.4, 0.5) is 11.5 Å². The normalized spacial score (nSPS) is 12.4. The highest BCUT2D eigenvalue weighted by Crippen LogP contribution is 2.45. The molecule has 0 bridgehead atoms. The van der Waals surface area contributed by atoms with Crippen molar-refractivity contribution in [1.29, 1.82) is 0 Å². The third-order valence-electron chi connectivity index (χ3n) is 5.22. The van der Waals surface area contributed by atoms with Crippen molar-refractivity contribution in [2.24, 2.45) is 0 Å². The fourth-order valence-corrected chi connectivity index (χ4v) is 3.79. The molecule has 7 nitrogen and oxygen atoms in total. The van der Waals surface area contributed by atoms with E-state index in [1.54, 1.807) is 24.3 Å². The number of hydrogen-bond donors (Lipinski definition) is 3. The van der Waals surface area contributed by atoms with Gasteiger partial charge in [0.2, 0.25) is 5.91 Å². The second-order valence-electron chi connectivity index (χ2n) is 7.24. The Morgan fingerprint density at radius 2 is 1.90 bits per heavy atom. The Bertz CT molecular complexity index is 1260. The number of fused-ring (bicyclic) bond motifs is 1. The molecule has 0 unspecified atom stereocenters. The minimum atomic E-state index is -0.997. The summed E-state index contributed by atoms with van der Waals surface area (Å²) in [6.07, 6.45) is 3.15. The van der Waals surface area contributed by atoms with Gasteiger partial charge >= 0.3 is 5.97 Å². The van der Waals surface area contributed by atoms with E-state index in [0.29, 0.717) is 17.9 Å². The van der Waals surface area contributed by atoms with Gasteiger partial charge in [0, 0.05) is 23.2 Å². The maximum Gasteiger partial charge on any atom is 0.335 e. The van der Waals surface area contributed by atoms with Crippen molar-refractivity contribution in [1.82, 2.24) is 9.97 Å². The standard InChI is InChI=1S/C24H20N4O3/c1-3-20(29)28-18-10-13(2)4-9-16(18)17-11-19-22(23(25)27-12-26-19)21(17)14-5-7-15(8-6-14)24(30)31/h3-10,12H,1,11H2,2H3,(H,28,29)(H,30,31)(H2,25,26,27). The second kappa shape index (κ2) is 7.87. The summed E-state index contributed by atoms with van der Waals surface area (Å²) in [6, 6.07) is 12.4. The van der Waals surface area contributed by atoms with Crippen molar-refractivity contribution in [2.75, 3.05) is 11.1 Å². The number of nitrogens with two attached hydrogens (primary N) is 1. The Kier molecular flexibility index (Phi) is 5.09. The number of aryl methyl sites for hydroxylation is 1. The monoisotopic (exact) mass is 412 g/mol. The molecule has 0 fully saturated rings. The number of aromatic carboxylic acids is 1. The number of rotatable bonds is 5. The number of nitrogen functional groups attached to an aromatic ring is 1. The third-order valence-corrected chi connectivity index (χ3v) is 5.22. The second-order valence-corrected chi connectivity index (χ2v) is 7.24. The molecule has 3 aromatic rings. The van der Waals surface area contributed by atoms with E-state index < -0.39 is 5.97 Å². The highest BCUT2D eigenvalue weighted by Gasteiger charge is 2.29. The Morgan fingerprint density at radius 1 is 1.16 bits per heavy atom. The maximum atomic E-state index is 12.0. The Labute approximate surface area is 179 Å². The van der Waals surface area contributed by atoms with Gasteiger partial charge < -0.3 is 16.2 Å². The number of anilines is 2. The van der Waals surface area contributed by atoms with Gasteiger partial charge in [-0.1, -0.05) is 30.8 Å². The van der Waals surface area contributed by atoms with Crippen molar-refractivity contribution < 1.29 is 14.7 Å². The van der Waals surface area contributed by atoms with Crippen LogP contribution in [0, 0.1) is 6.92 Å². The molecule has 1 aromatic heterocycles. The molecule has 0 saturated carbocycles. The van der Waals surface area contributed by atoms with Gasteiger partial charge in [-0.05, 0) is 53.5 Å². The molecule has 7 heteroatoms. The number of carbonyl (C=O) groups is 2. The van der Waals surface area contributed by atoms with Crippen LogP contribution in [0.3, 0.4) is 0 Å². The molecule has 1 aliphatic carbocycles. The highest BCUT2D eigenvalue weighted by molar-refractivity contribution is 6.09. The van der Waals surface area contributed by atoms with Gasteiger partial charge in [-0.25, -0.2) is 14.8 Å². The van der Waals surface area contributed by atoms with Crippen LogP contribution >= 0.6 is 0 Å². The Balaban J connectivity index is 1.96. The van der Waals surface area contributed by atoms with E-state index in [9.17, 15) is 14.7 Å². The number of carboxylic acids is 1. The summed E-state index contributed by atoms with van der Waals surface area (Å²) >= 11 is 0. The Morgan fingerprint density at radius 3 is 2.58 bits per heavy atom. The number of nitrogens with one attached hydrogen (secondary N) is 1. The zero-order valence-electron chi connectivity index (χ0n) is 16.8. The van der Waals surface area contributed by atoms with Crippen LogP contribution in [0.5, 0.6) is 0 Å². The number of carbonyl (C=O) groups excluding carboxylic acids is 1. The van der Waals surface area contributed by atoms with Crippen LogP contribution in [-0.4, -0.2) is 27.0 Å². The average Bonchev–Trinajstić information content (AvgIpc) is 3.14. The van der Waals surface area contributed by atoms with Gasteiger partial charge in [0.15, 0.2) is 0 Å². The molecule has 0 aliphatic heterocycles. The summed E-state index contributed by atoms with van der Waals surface area (Å²) in [5.41, 5.74) is 12.9. The Hall–Kier alpha value is -4.26. The van der Waals surface area contributed by atoms with E-state index >= 15 is 0 Å². The summed E-state index contributed by atoms with van der Waals surface area (Å²) in [6.45, 7) is 5.47. The van der Waals surface area contributed by atoms with Crippen LogP contribution in [0.25, 0.3) is 11.1 Å². The van der Waals surface area contributed by atoms with Crippen molar-refractivity contribution in [3.63, 3.8) is 0 Å². The first-order chi connectivity index (χ1) is 14.9. The summed E-state index contributed by atoms with van der Waals surface area (Å²) in [5, 5.41) is 12.1. The zero-order valence-corrected chi connectivity index (χ0v) is 16.8. The number of allylic oxidation sites excluding steroid dienone is 1. The highest BCUT2D eigenvalue weighted by atomic mass is 16.4. The smallest absolute Gasteiger partial charge is 0.335 e. The van der Waals surface area contributed by atoms with E-state index in [1.165, 1.54) is 12.4 Å². The number of hydrogen-bond acceptors (Lipinski definition) is 5. The van der Waals surface area contributed by atoms with Gasteiger partial charge in [0.05, 0.1) is 11.3 Å². The molecule has 2 aromatic carbocycles. The number of amides is 1. The lowest BCUT2D eigenvalue weighted by Gasteiger charge is -2.15. The lowest BCUT2D eigenvalue weighted by atomic mass is 9.92. The lowest BCUT2D eigenvalue weighted by Crippen LogP contribution is -2.10. The van der Waals surface area contributed by atoms with E-state index in [1.807, 2.05) is 25.1 Å². The van der Waals surface area contributed by atoms with Gasteiger partial charge in [0.1, 0.15) is 12.1 Å². The molecule has 154 valence electrons. The van der Waals surface area contributed by atoms with Crippen LogP contribution in [0.15, 0.2) is 61.4 Å². The SMILES string of the molecule is C=CC(=O)Nc1cc(C)ccc1C1=C(c2ccc(C(=O)O)cc2)c2c(N)ncnc2C1. The van der Waals surface area contributed by atoms with E-state index in [0.717, 1.165) is 39.1 Å². The molecule has 4 rings (SSSR count). The summed E-state index contributed by atoms with van der Waals surface area (Å²) in [7, 11) is 0. The van der Waals surface area contributed by atoms with Crippen LogP contribution < -0.4 is 11.1 Å². The van der Waals surface area contributed by atoms with Crippen LogP contribution in [0.1, 0.15) is 38.3 Å². The molecular weight excluding hydrogens is 392 g/mol. The lowest BCUT2D eigenvalue weighted by molar-refractivity contribution is -0.111. The molecular formula is C24H20N4O3. The van der Waals surface area contributed by atoms with Crippen LogP contribution in [0.2, 0.25) is 0 Å². The number of nitrogens with zero attached hydrogens (tertiary/aromatic N) is 2. The van der Waals surface area contributed by atoms with Gasteiger partial charge in [-0.2, -0.15) is 0 Å². The fourth-order valence-electron chi connectivity index (χ4n) is 3.79. The number of aromatic nitrogens is 2. The quantitative estimate of drug-likeness (QED) is 0.550. The minimum Gasteiger partial charge on any atom is -0.478 e. The maximum absolute atomic E-state index is 12.0. The fraction of sp³-hybridized carbons (Fsp3) is 0.0833. The van der Waals surface area contributed by atoms with E-state index in [-0.39, 0.29) is 11.5 Å². The summed E-state index contributed by atoms with van der Waals surface area (Å²) in [4.78, 5) is 31.9. The van der Waals surface area contributed by atoms with Gasteiger partial charge in [-0.3, -0.25) is 4.79 Å². The summed E-state index contributed by atoms with van der Waals surface area (Å²) in [5.74, 6) is -0.959. The number of carboxylic acid groups (broad SMARTS) is 1. The first-order valence-electron chi connectivity index (χ1n) is 9.60. The first kappa shape index (κ1) is 20.0. The molecule has 1 heterocycles. The minimum absolute atomic E-state index is 0.190. The van der Waals surface area contributed by atoms with Gasteiger partial charge in [-0.15, -0.1) is 0 Å². The molecule has 1 amide bonds. The predicted octanol–water partition coefficient (Wildman–Crippen LogP) is 3.71. The molecule has 0 spiro atoms.